The molecule has 0 saturated carbocycles. The summed E-state index contributed by atoms with van der Waals surface area (Å²) in [6, 6.07) is 3.73. The molecule has 2 rings (SSSR count). The maximum Gasteiger partial charge on any atom is 0.244 e. The van der Waals surface area contributed by atoms with Crippen molar-refractivity contribution in [3.63, 3.8) is 0 Å². The molecule has 0 bridgehead atoms. The van der Waals surface area contributed by atoms with E-state index in [0.29, 0.717) is 19.8 Å². The number of ether oxygens (including phenoxy) is 2. The predicted octanol–water partition coefficient (Wildman–Crippen LogP) is 2.00. The van der Waals surface area contributed by atoms with E-state index in [4.69, 9.17) is 9.47 Å². The first-order valence-corrected chi connectivity index (χ1v) is 7.21. The average Bonchev–Trinajstić information content (AvgIpc) is 2.90. The highest BCUT2D eigenvalue weighted by Gasteiger charge is 2.32. The number of carbonyl (C=O) groups is 1. The molecule has 2 heterocycles. The lowest BCUT2D eigenvalue weighted by molar-refractivity contribution is -0.154. The van der Waals surface area contributed by atoms with Gasteiger partial charge in [-0.05, 0) is 30.5 Å². The predicted molar refractivity (Wildman–Crippen MR) is 80.4 cm³/mol. The summed E-state index contributed by atoms with van der Waals surface area (Å²) in [6.45, 7) is 5.90. The lowest BCUT2D eigenvalue weighted by atomic mass is 10.0. The van der Waals surface area contributed by atoms with Gasteiger partial charge in [-0.1, -0.05) is 13.0 Å². The van der Waals surface area contributed by atoms with E-state index in [0.717, 1.165) is 12.0 Å². The number of aromatic nitrogens is 1. The van der Waals surface area contributed by atoms with Crippen LogP contribution in [-0.4, -0.2) is 36.4 Å². The van der Waals surface area contributed by atoms with Crippen LogP contribution < -0.4 is 5.32 Å². The van der Waals surface area contributed by atoms with Gasteiger partial charge < -0.3 is 14.8 Å². The second-order valence-corrected chi connectivity index (χ2v) is 5.50. The van der Waals surface area contributed by atoms with Crippen molar-refractivity contribution in [2.75, 3.05) is 19.8 Å². The summed E-state index contributed by atoms with van der Waals surface area (Å²) in [6.07, 6.45) is 7.44. The summed E-state index contributed by atoms with van der Waals surface area (Å²) in [5.41, 5.74) is 0.904. The fourth-order valence-electron chi connectivity index (χ4n) is 2.36. The van der Waals surface area contributed by atoms with E-state index in [1.165, 1.54) is 6.08 Å². The van der Waals surface area contributed by atoms with Crippen LogP contribution >= 0.6 is 0 Å². The van der Waals surface area contributed by atoms with Crippen molar-refractivity contribution in [3.05, 3.63) is 36.2 Å². The molecule has 1 aromatic rings. The Labute approximate surface area is 125 Å². The number of carbonyl (C=O) groups excluding carboxylic acids is 1. The molecule has 5 heteroatoms. The number of hydrogen-bond acceptors (Lipinski definition) is 4. The van der Waals surface area contributed by atoms with E-state index in [1.54, 1.807) is 18.5 Å². The highest BCUT2D eigenvalue weighted by molar-refractivity contribution is 5.91. The van der Waals surface area contributed by atoms with Crippen molar-refractivity contribution < 1.29 is 14.3 Å². The summed E-state index contributed by atoms with van der Waals surface area (Å²) in [5.74, 6) is -0.330. The molecular formula is C16H22N2O3. The van der Waals surface area contributed by atoms with Crippen LogP contribution in [0.5, 0.6) is 0 Å². The van der Waals surface area contributed by atoms with E-state index in [-0.39, 0.29) is 11.8 Å². The largest absolute Gasteiger partial charge is 0.352 e. The Hall–Kier alpha value is -1.72. The lowest BCUT2D eigenvalue weighted by Gasteiger charge is -2.25. The van der Waals surface area contributed by atoms with Gasteiger partial charge in [-0.25, -0.2) is 0 Å². The maximum absolute atomic E-state index is 11.8. The highest BCUT2D eigenvalue weighted by Crippen LogP contribution is 2.26. The van der Waals surface area contributed by atoms with E-state index >= 15 is 0 Å². The van der Waals surface area contributed by atoms with E-state index in [9.17, 15) is 4.79 Å². The van der Waals surface area contributed by atoms with E-state index < -0.39 is 5.79 Å². The highest BCUT2D eigenvalue weighted by atomic mass is 16.7. The molecule has 0 aliphatic carbocycles. The van der Waals surface area contributed by atoms with E-state index in [1.807, 2.05) is 19.1 Å². The summed E-state index contributed by atoms with van der Waals surface area (Å²) in [7, 11) is 0. The number of nitrogens with zero attached hydrogens (tertiary/aromatic N) is 1. The first kappa shape index (κ1) is 15.7. The van der Waals surface area contributed by atoms with Gasteiger partial charge in [0.15, 0.2) is 5.79 Å². The van der Waals surface area contributed by atoms with Crippen molar-refractivity contribution in [1.29, 1.82) is 0 Å². The molecule has 5 nitrogen and oxygen atoms in total. The molecule has 1 amide bonds. The molecule has 1 aromatic heterocycles. The molecule has 21 heavy (non-hydrogen) atoms. The third-order valence-electron chi connectivity index (χ3n) is 3.35. The monoisotopic (exact) mass is 290 g/mol. The number of nitrogens with one attached hydrogen (secondary N) is 1. The minimum Gasteiger partial charge on any atom is -0.352 e. The minimum absolute atomic E-state index is 0.107. The topological polar surface area (TPSA) is 60.5 Å². The van der Waals surface area contributed by atoms with Crippen LogP contribution in [-0.2, 0) is 14.3 Å². The smallest absolute Gasteiger partial charge is 0.244 e. The van der Waals surface area contributed by atoms with Crippen LogP contribution in [0.25, 0.3) is 6.08 Å². The van der Waals surface area contributed by atoms with Gasteiger partial charge in [0.25, 0.3) is 0 Å². The Bertz CT molecular complexity index is 482. The Morgan fingerprint density at radius 3 is 2.95 bits per heavy atom. The van der Waals surface area contributed by atoms with Gasteiger partial charge in [-0.3, -0.25) is 9.78 Å². The van der Waals surface area contributed by atoms with Crippen LogP contribution in [0.1, 0.15) is 25.8 Å². The molecule has 0 unspecified atom stereocenters. The fraction of sp³-hybridized carbons (Fsp3) is 0.500. The van der Waals surface area contributed by atoms with Gasteiger partial charge in [-0.2, -0.15) is 0 Å². The van der Waals surface area contributed by atoms with Crippen molar-refractivity contribution >= 4 is 12.0 Å². The summed E-state index contributed by atoms with van der Waals surface area (Å²) < 4.78 is 11.1. The molecular weight excluding hydrogens is 268 g/mol. The SMILES string of the molecule is C[C@H](CNC(=O)/C=C/c1cccnc1)CC1(C)OCCO1. The molecule has 0 aromatic carbocycles. The van der Waals surface area contributed by atoms with Crippen LogP contribution in [0.15, 0.2) is 30.6 Å². The Kier molecular flexibility index (Phi) is 5.47. The molecule has 1 saturated heterocycles. The fourth-order valence-corrected chi connectivity index (χ4v) is 2.36. The number of rotatable bonds is 6. The van der Waals surface area contributed by atoms with Crippen molar-refractivity contribution in [2.24, 2.45) is 5.92 Å². The van der Waals surface area contributed by atoms with Crippen LogP contribution in [0.2, 0.25) is 0 Å². The maximum atomic E-state index is 11.8. The van der Waals surface area contributed by atoms with Crippen LogP contribution in [0, 0.1) is 5.92 Å². The molecule has 1 aliphatic rings. The van der Waals surface area contributed by atoms with Crippen molar-refractivity contribution in [1.82, 2.24) is 10.3 Å². The van der Waals surface area contributed by atoms with Gasteiger partial charge in [0.2, 0.25) is 5.91 Å². The second kappa shape index (κ2) is 7.33. The molecule has 1 aliphatic heterocycles. The van der Waals surface area contributed by atoms with Gasteiger partial charge in [0, 0.05) is 31.4 Å². The zero-order valence-corrected chi connectivity index (χ0v) is 12.5. The normalized spacial score (nSPS) is 18.8. The zero-order chi connectivity index (χ0) is 15.1. The molecule has 114 valence electrons. The molecule has 0 radical (unpaired) electrons. The Morgan fingerprint density at radius 1 is 1.52 bits per heavy atom. The second-order valence-electron chi connectivity index (χ2n) is 5.50. The van der Waals surface area contributed by atoms with Gasteiger partial charge in [0.05, 0.1) is 13.2 Å². The molecule has 1 N–H and O–H groups in total. The van der Waals surface area contributed by atoms with Crippen LogP contribution in [0.3, 0.4) is 0 Å². The number of pyridine rings is 1. The zero-order valence-electron chi connectivity index (χ0n) is 12.5. The third kappa shape index (κ3) is 5.28. The number of amides is 1. The quantitative estimate of drug-likeness (QED) is 0.814. The summed E-state index contributed by atoms with van der Waals surface area (Å²) in [5, 5.41) is 2.89. The minimum atomic E-state index is -0.504. The van der Waals surface area contributed by atoms with Crippen molar-refractivity contribution in [3.8, 4) is 0 Å². The Morgan fingerprint density at radius 2 is 2.29 bits per heavy atom. The first-order valence-electron chi connectivity index (χ1n) is 7.21. The standard InChI is InChI=1S/C16H22N2O3/c1-13(10-16(2)20-8-9-21-16)11-18-15(19)6-5-14-4-3-7-17-12-14/h3-7,12-13H,8-11H2,1-2H3,(H,18,19)/b6-5+/t13-/m0/s1. The summed E-state index contributed by atoms with van der Waals surface area (Å²) >= 11 is 0. The summed E-state index contributed by atoms with van der Waals surface area (Å²) in [4.78, 5) is 15.7. The van der Waals surface area contributed by atoms with Crippen molar-refractivity contribution in [2.45, 2.75) is 26.1 Å². The first-order chi connectivity index (χ1) is 10.1. The average molecular weight is 290 g/mol. The number of hydrogen-bond donors (Lipinski definition) is 1. The van der Waals surface area contributed by atoms with Gasteiger partial charge in [0.1, 0.15) is 0 Å². The molecule has 0 spiro atoms. The molecule has 1 fully saturated rings. The van der Waals surface area contributed by atoms with Crippen LogP contribution in [0.4, 0.5) is 0 Å². The van der Waals surface area contributed by atoms with Gasteiger partial charge in [-0.15, -0.1) is 0 Å². The van der Waals surface area contributed by atoms with E-state index in [2.05, 4.69) is 17.2 Å². The molecule has 1 atom stereocenters. The van der Waals surface area contributed by atoms with Gasteiger partial charge >= 0.3 is 0 Å². The Balaban J connectivity index is 1.72. The third-order valence-corrected chi connectivity index (χ3v) is 3.35. The lowest BCUT2D eigenvalue weighted by Crippen LogP contribution is -2.33.